The first-order valence-corrected chi connectivity index (χ1v) is 3.69. The van der Waals surface area contributed by atoms with E-state index < -0.39 is 0 Å². The predicted molar refractivity (Wildman–Crippen MR) is 48.1 cm³/mol. The molecule has 0 unspecified atom stereocenters. The zero-order chi connectivity index (χ0) is 8.81. The first-order valence-electron chi connectivity index (χ1n) is 3.69. The number of carbonyl (C=O) groups excluding carboxylic acids is 1. The van der Waals surface area contributed by atoms with E-state index in [1.54, 1.807) is 6.08 Å². The number of aldehydes is 1. The van der Waals surface area contributed by atoms with Crippen molar-refractivity contribution in [2.75, 3.05) is 0 Å². The Labute approximate surface area is 72.2 Å². The van der Waals surface area contributed by atoms with Crippen molar-refractivity contribution in [1.29, 1.82) is 0 Å². The van der Waals surface area contributed by atoms with E-state index in [4.69, 9.17) is 6.42 Å². The summed E-state index contributed by atoms with van der Waals surface area (Å²) in [5, 5.41) is 0. The monoisotopic (exact) mass is 156 g/mol. The fourth-order valence-corrected chi connectivity index (χ4v) is 1.10. The van der Waals surface area contributed by atoms with Gasteiger partial charge in [0.15, 0.2) is 6.29 Å². The first-order chi connectivity index (χ1) is 5.88. The molecule has 0 aromatic carbocycles. The fraction of sp³-hybridized carbons (Fsp3) is 0.182. The van der Waals surface area contributed by atoms with Crippen molar-refractivity contribution in [2.45, 2.75) is 12.8 Å². The van der Waals surface area contributed by atoms with Gasteiger partial charge in [0.2, 0.25) is 0 Å². The summed E-state index contributed by atoms with van der Waals surface area (Å²) in [4.78, 5) is 9.87. The molecule has 0 heterocycles. The molecule has 0 aromatic rings. The highest BCUT2D eigenvalue weighted by molar-refractivity contribution is 5.73. The van der Waals surface area contributed by atoms with Crippen LogP contribution >= 0.6 is 0 Å². The number of allylic oxidation sites excluding steroid dienone is 4. The molecule has 0 amide bonds. The van der Waals surface area contributed by atoms with Gasteiger partial charge in [-0.25, -0.2) is 0 Å². The maximum absolute atomic E-state index is 9.87. The van der Waals surface area contributed by atoms with Crippen LogP contribution < -0.4 is 0 Å². The van der Waals surface area contributed by atoms with Crippen molar-refractivity contribution in [3.05, 3.63) is 23.3 Å². The lowest BCUT2D eigenvalue weighted by Crippen LogP contribution is -1.77. The molecule has 1 rings (SSSR count). The van der Waals surface area contributed by atoms with Crippen LogP contribution in [0.2, 0.25) is 0 Å². The van der Waals surface area contributed by atoms with E-state index in [0.717, 1.165) is 24.0 Å². The third-order valence-corrected chi connectivity index (χ3v) is 1.65. The molecule has 0 aromatic heterocycles. The van der Waals surface area contributed by atoms with Crippen LogP contribution in [-0.2, 0) is 4.79 Å². The predicted octanol–water partition coefficient (Wildman–Crippen LogP) is 1.47. The van der Waals surface area contributed by atoms with Gasteiger partial charge in [0.1, 0.15) is 0 Å². The molecular weight excluding hydrogens is 148 g/mol. The van der Waals surface area contributed by atoms with Crippen LogP contribution in [-0.4, -0.2) is 6.29 Å². The van der Waals surface area contributed by atoms with Crippen molar-refractivity contribution in [1.82, 2.24) is 0 Å². The zero-order valence-electron chi connectivity index (χ0n) is 6.63. The summed E-state index contributed by atoms with van der Waals surface area (Å²) in [5.41, 5.74) is 1.97. The van der Waals surface area contributed by atoms with E-state index in [9.17, 15) is 4.79 Å². The Kier molecular flexibility index (Phi) is 2.94. The highest BCUT2D eigenvalue weighted by atomic mass is 16.1. The number of terminal acetylenes is 1. The van der Waals surface area contributed by atoms with Crippen LogP contribution in [0.3, 0.4) is 0 Å². The second-order valence-corrected chi connectivity index (χ2v) is 2.38. The van der Waals surface area contributed by atoms with E-state index in [1.165, 1.54) is 0 Å². The van der Waals surface area contributed by atoms with Crippen LogP contribution in [0.4, 0.5) is 0 Å². The van der Waals surface area contributed by atoms with Crippen LogP contribution in [0.25, 0.3) is 0 Å². The van der Waals surface area contributed by atoms with Gasteiger partial charge in [-0.05, 0) is 30.4 Å². The number of hydrogen-bond acceptors (Lipinski definition) is 1. The molecular formula is C11H8O. The standard InChI is InChI=1S/C11H8O/c1-2-10-7-5-8-11(10)6-3-4-9-12/h1,6-7,9H,5,8H2. The summed E-state index contributed by atoms with van der Waals surface area (Å²) in [6.45, 7) is 0. The Morgan fingerprint density at radius 1 is 1.50 bits per heavy atom. The molecule has 58 valence electrons. The van der Waals surface area contributed by atoms with E-state index >= 15 is 0 Å². The Morgan fingerprint density at radius 2 is 2.33 bits per heavy atom. The van der Waals surface area contributed by atoms with E-state index in [1.807, 2.05) is 6.08 Å². The van der Waals surface area contributed by atoms with E-state index in [-0.39, 0.29) is 0 Å². The maximum atomic E-state index is 9.87. The van der Waals surface area contributed by atoms with Crippen molar-refractivity contribution < 1.29 is 4.79 Å². The van der Waals surface area contributed by atoms with E-state index in [0.29, 0.717) is 6.29 Å². The molecule has 0 saturated carbocycles. The van der Waals surface area contributed by atoms with Crippen LogP contribution in [0, 0.1) is 24.2 Å². The molecule has 0 saturated heterocycles. The van der Waals surface area contributed by atoms with Gasteiger partial charge in [0.25, 0.3) is 0 Å². The Morgan fingerprint density at radius 3 is 3.00 bits per heavy atom. The minimum absolute atomic E-state index is 0.575. The third-order valence-electron chi connectivity index (χ3n) is 1.65. The second kappa shape index (κ2) is 4.21. The topological polar surface area (TPSA) is 17.1 Å². The van der Waals surface area contributed by atoms with Crippen LogP contribution in [0.1, 0.15) is 12.8 Å². The summed E-state index contributed by atoms with van der Waals surface area (Å²) in [6.07, 6.45) is 11.5. The van der Waals surface area contributed by atoms with Crippen molar-refractivity contribution in [3.63, 3.8) is 0 Å². The average molecular weight is 156 g/mol. The number of rotatable bonds is 0. The maximum Gasteiger partial charge on any atom is 0.193 e. The van der Waals surface area contributed by atoms with Crippen molar-refractivity contribution in [2.24, 2.45) is 0 Å². The molecule has 1 aliphatic carbocycles. The summed E-state index contributed by atoms with van der Waals surface area (Å²) in [6, 6.07) is 0. The highest BCUT2D eigenvalue weighted by Crippen LogP contribution is 2.23. The van der Waals surface area contributed by atoms with Crippen molar-refractivity contribution >= 4 is 6.29 Å². The first kappa shape index (κ1) is 8.37. The van der Waals surface area contributed by atoms with Gasteiger partial charge in [-0.3, -0.25) is 4.79 Å². The minimum Gasteiger partial charge on any atom is -0.289 e. The molecule has 0 radical (unpaired) electrons. The van der Waals surface area contributed by atoms with Gasteiger partial charge < -0.3 is 0 Å². The Hall–Kier alpha value is -1.73. The molecule has 0 aliphatic heterocycles. The van der Waals surface area contributed by atoms with Gasteiger partial charge in [-0.15, -0.1) is 6.42 Å². The van der Waals surface area contributed by atoms with Gasteiger partial charge >= 0.3 is 0 Å². The van der Waals surface area contributed by atoms with Gasteiger partial charge in [0, 0.05) is 5.57 Å². The molecule has 12 heavy (non-hydrogen) atoms. The van der Waals surface area contributed by atoms with Gasteiger partial charge in [-0.2, -0.15) is 0 Å². The highest BCUT2D eigenvalue weighted by Gasteiger charge is 2.07. The lowest BCUT2D eigenvalue weighted by atomic mass is 10.1. The molecule has 1 aliphatic rings. The molecule has 1 heteroatoms. The SMILES string of the molecule is C#CC1=CCCC1=CC#CC=O. The smallest absolute Gasteiger partial charge is 0.193 e. The summed E-state index contributed by atoms with van der Waals surface area (Å²) in [7, 11) is 0. The Balaban J connectivity index is 2.78. The lowest BCUT2D eigenvalue weighted by Gasteiger charge is -1.92. The molecule has 0 N–H and O–H groups in total. The normalized spacial score (nSPS) is 17.6. The fourth-order valence-electron chi connectivity index (χ4n) is 1.10. The minimum atomic E-state index is 0.575. The molecule has 0 spiro atoms. The number of carbonyl (C=O) groups is 1. The zero-order valence-corrected chi connectivity index (χ0v) is 6.63. The summed E-state index contributed by atoms with van der Waals surface area (Å²) < 4.78 is 0. The second-order valence-electron chi connectivity index (χ2n) is 2.38. The molecule has 0 fully saturated rings. The number of hydrogen-bond donors (Lipinski definition) is 0. The van der Waals surface area contributed by atoms with Crippen LogP contribution in [0.15, 0.2) is 23.3 Å². The average Bonchev–Trinajstić information content (AvgIpc) is 2.52. The molecule has 1 nitrogen and oxygen atoms in total. The van der Waals surface area contributed by atoms with Crippen molar-refractivity contribution in [3.8, 4) is 24.2 Å². The molecule has 0 bridgehead atoms. The largest absolute Gasteiger partial charge is 0.289 e. The quantitative estimate of drug-likeness (QED) is 0.383. The van der Waals surface area contributed by atoms with Crippen LogP contribution in [0.5, 0.6) is 0 Å². The summed E-state index contributed by atoms with van der Waals surface area (Å²) in [5.74, 6) is 7.52. The van der Waals surface area contributed by atoms with Gasteiger partial charge in [0.05, 0.1) is 0 Å². The third kappa shape index (κ3) is 1.87. The van der Waals surface area contributed by atoms with Gasteiger partial charge in [-0.1, -0.05) is 17.9 Å². The summed E-state index contributed by atoms with van der Waals surface area (Å²) >= 11 is 0. The van der Waals surface area contributed by atoms with E-state index in [2.05, 4.69) is 17.8 Å². The lowest BCUT2D eigenvalue weighted by molar-refractivity contribution is -0.103. The Bertz CT molecular complexity index is 339. The molecule has 0 atom stereocenters.